The highest BCUT2D eigenvalue weighted by Crippen LogP contribution is 2.45. The molecule has 0 aliphatic rings. The summed E-state index contributed by atoms with van der Waals surface area (Å²) < 4.78 is 7.58. The van der Waals surface area contributed by atoms with Crippen molar-refractivity contribution in [3.8, 4) is 21.7 Å². The van der Waals surface area contributed by atoms with Gasteiger partial charge in [0, 0.05) is 33.3 Å². The molecule has 0 spiro atoms. The summed E-state index contributed by atoms with van der Waals surface area (Å²) in [4.78, 5) is 7.38. The van der Waals surface area contributed by atoms with Crippen LogP contribution < -0.4 is 4.90 Å². The Kier molecular flexibility index (Phi) is 6.00. The molecule has 2 heterocycles. The Bertz CT molecular complexity index is 2500. The minimum atomic E-state index is 0.866. The summed E-state index contributed by atoms with van der Waals surface area (Å²) in [5, 5.41) is 5.62. The second-order valence-corrected chi connectivity index (χ2v) is 12.2. The molecule has 0 radical (unpaired) electrons. The summed E-state index contributed by atoms with van der Waals surface area (Å²) in [5.41, 5.74) is 9.47. The van der Waals surface area contributed by atoms with E-state index in [4.69, 9.17) is 9.40 Å². The number of nitrogens with zero attached hydrogens (tertiary/aromatic N) is 2. The monoisotopic (exact) mass is 594 g/mol. The number of anilines is 3. The van der Waals surface area contributed by atoms with Crippen LogP contribution in [0.1, 0.15) is 0 Å². The molecule has 9 rings (SSSR count). The van der Waals surface area contributed by atoms with E-state index >= 15 is 0 Å². The molecule has 9 aromatic rings. The van der Waals surface area contributed by atoms with Crippen molar-refractivity contribution < 1.29 is 4.42 Å². The molecule has 0 aliphatic carbocycles. The van der Waals surface area contributed by atoms with Crippen LogP contribution in [-0.2, 0) is 0 Å². The Hall–Kier alpha value is -5.71. The van der Waals surface area contributed by atoms with Crippen molar-refractivity contribution in [3.63, 3.8) is 0 Å². The zero-order valence-electron chi connectivity index (χ0n) is 24.2. The van der Waals surface area contributed by atoms with Crippen LogP contribution >= 0.6 is 11.3 Å². The minimum absolute atomic E-state index is 0.866. The molecule has 0 aliphatic heterocycles. The summed E-state index contributed by atoms with van der Waals surface area (Å²) >= 11 is 1.72. The number of hydrogen-bond acceptors (Lipinski definition) is 4. The Labute approximate surface area is 264 Å². The van der Waals surface area contributed by atoms with E-state index in [9.17, 15) is 0 Å². The standard InChI is InChI=1S/C41H26N2OS/c1-3-12-28(13-4-1)33-17-9-10-18-36(33)43(31-20-19-27-11-7-8-16-30(27)25-31)32-21-23-37-34(26-32)39-38(44-37)24-22-35-40(39)45-41(42-35)29-14-5-2-6-15-29/h1-26H. The molecule has 0 fully saturated rings. The zero-order chi connectivity index (χ0) is 29.7. The van der Waals surface area contributed by atoms with Gasteiger partial charge in [-0.15, -0.1) is 11.3 Å². The molecule has 0 saturated carbocycles. The Morgan fingerprint density at radius 2 is 1.20 bits per heavy atom. The Balaban J connectivity index is 1.29. The third kappa shape index (κ3) is 4.38. The van der Waals surface area contributed by atoms with Gasteiger partial charge in [-0.05, 0) is 64.9 Å². The number of aromatic nitrogens is 1. The maximum Gasteiger partial charge on any atom is 0.137 e. The van der Waals surface area contributed by atoms with Crippen LogP contribution in [0.4, 0.5) is 17.1 Å². The highest BCUT2D eigenvalue weighted by molar-refractivity contribution is 7.22. The molecule has 212 valence electrons. The van der Waals surface area contributed by atoms with Gasteiger partial charge in [0.25, 0.3) is 0 Å². The number of furan rings is 1. The molecule has 0 atom stereocenters. The van der Waals surface area contributed by atoms with E-state index in [-0.39, 0.29) is 0 Å². The summed E-state index contributed by atoms with van der Waals surface area (Å²) in [5.74, 6) is 0. The summed E-state index contributed by atoms with van der Waals surface area (Å²) in [6.45, 7) is 0. The van der Waals surface area contributed by atoms with Gasteiger partial charge in [0.1, 0.15) is 16.2 Å². The molecule has 3 nitrogen and oxygen atoms in total. The van der Waals surface area contributed by atoms with Crippen LogP contribution in [0.5, 0.6) is 0 Å². The van der Waals surface area contributed by atoms with Crippen LogP contribution in [0.3, 0.4) is 0 Å². The fourth-order valence-corrected chi connectivity index (χ4v) is 7.47. The molecule has 0 unspecified atom stereocenters. The van der Waals surface area contributed by atoms with Gasteiger partial charge in [0.2, 0.25) is 0 Å². The summed E-state index contributed by atoms with van der Waals surface area (Å²) in [7, 11) is 0. The fourth-order valence-electron chi connectivity index (χ4n) is 6.35. The predicted molar refractivity (Wildman–Crippen MR) is 190 cm³/mol. The second kappa shape index (κ2) is 10.5. The van der Waals surface area contributed by atoms with E-state index in [2.05, 4.69) is 157 Å². The molecular formula is C41H26N2OS. The van der Waals surface area contributed by atoms with E-state index in [1.807, 2.05) is 6.07 Å². The smallest absolute Gasteiger partial charge is 0.137 e. The topological polar surface area (TPSA) is 29.3 Å². The van der Waals surface area contributed by atoms with Gasteiger partial charge in [-0.25, -0.2) is 4.98 Å². The first-order valence-electron chi connectivity index (χ1n) is 15.0. The van der Waals surface area contributed by atoms with Crippen LogP contribution in [0.2, 0.25) is 0 Å². The van der Waals surface area contributed by atoms with E-state index in [0.29, 0.717) is 0 Å². The average molecular weight is 595 g/mol. The lowest BCUT2D eigenvalue weighted by molar-refractivity contribution is 0.669. The number of thiazole rings is 1. The normalized spacial score (nSPS) is 11.6. The molecule has 0 saturated heterocycles. The van der Waals surface area contributed by atoms with Crippen LogP contribution in [-0.4, -0.2) is 4.98 Å². The van der Waals surface area contributed by atoms with Crippen molar-refractivity contribution in [3.05, 3.63) is 158 Å². The minimum Gasteiger partial charge on any atom is -0.456 e. The average Bonchev–Trinajstić information content (AvgIpc) is 3.71. The summed E-state index contributed by atoms with van der Waals surface area (Å²) in [6, 6.07) is 55.6. The van der Waals surface area contributed by atoms with Crippen LogP contribution in [0.25, 0.3) is 64.6 Å². The summed E-state index contributed by atoms with van der Waals surface area (Å²) in [6.07, 6.45) is 0. The predicted octanol–water partition coefficient (Wildman–Crippen LogP) is 12.2. The van der Waals surface area contributed by atoms with E-state index < -0.39 is 0 Å². The molecule has 0 amide bonds. The van der Waals surface area contributed by atoms with Crippen LogP contribution in [0, 0.1) is 0 Å². The van der Waals surface area contributed by atoms with Gasteiger partial charge in [0.15, 0.2) is 0 Å². The maximum atomic E-state index is 6.43. The van der Waals surface area contributed by atoms with Crippen molar-refractivity contribution in [1.82, 2.24) is 4.98 Å². The lowest BCUT2D eigenvalue weighted by atomic mass is 10.0. The first-order chi connectivity index (χ1) is 22.3. The van der Waals surface area contributed by atoms with Gasteiger partial charge in [0.05, 0.1) is 15.9 Å². The molecule has 4 heteroatoms. The highest BCUT2D eigenvalue weighted by Gasteiger charge is 2.20. The number of fused-ring (bicyclic) bond motifs is 6. The molecule has 0 bridgehead atoms. The van der Waals surface area contributed by atoms with Crippen LogP contribution in [0.15, 0.2) is 162 Å². The maximum absolute atomic E-state index is 6.43. The molecule has 7 aromatic carbocycles. The lowest BCUT2D eigenvalue weighted by Gasteiger charge is -2.28. The number of rotatable bonds is 5. The number of benzene rings is 7. The van der Waals surface area contributed by atoms with Crippen molar-refractivity contribution in [2.24, 2.45) is 0 Å². The van der Waals surface area contributed by atoms with Gasteiger partial charge in [-0.2, -0.15) is 0 Å². The van der Waals surface area contributed by atoms with Gasteiger partial charge >= 0.3 is 0 Å². The van der Waals surface area contributed by atoms with E-state index in [0.717, 1.165) is 59.8 Å². The van der Waals surface area contributed by atoms with E-state index in [1.54, 1.807) is 11.3 Å². The Morgan fingerprint density at radius 3 is 2.04 bits per heavy atom. The highest BCUT2D eigenvalue weighted by atomic mass is 32.1. The first kappa shape index (κ1) is 25.8. The first-order valence-corrected chi connectivity index (χ1v) is 15.9. The van der Waals surface area contributed by atoms with Crippen molar-refractivity contribution >= 4 is 71.3 Å². The SMILES string of the molecule is c1ccc(-c2nc3ccc4oc5ccc(N(c6ccc7ccccc7c6)c6ccccc6-c6ccccc6)cc5c4c3s2)cc1. The molecule has 0 N–H and O–H groups in total. The third-order valence-electron chi connectivity index (χ3n) is 8.47. The zero-order valence-corrected chi connectivity index (χ0v) is 25.0. The molecule has 2 aromatic heterocycles. The largest absolute Gasteiger partial charge is 0.456 e. The molecule has 45 heavy (non-hydrogen) atoms. The number of hydrogen-bond donors (Lipinski definition) is 0. The van der Waals surface area contributed by atoms with Gasteiger partial charge in [-0.3, -0.25) is 0 Å². The fraction of sp³-hybridized carbons (Fsp3) is 0. The second-order valence-electron chi connectivity index (χ2n) is 11.2. The van der Waals surface area contributed by atoms with Gasteiger partial charge in [-0.1, -0.05) is 109 Å². The Morgan fingerprint density at radius 1 is 0.533 bits per heavy atom. The van der Waals surface area contributed by atoms with Gasteiger partial charge < -0.3 is 9.32 Å². The molecular weight excluding hydrogens is 569 g/mol. The van der Waals surface area contributed by atoms with Crippen molar-refractivity contribution in [2.45, 2.75) is 0 Å². The lowest BCUT2D eigenvalue weighted by Crippen LogP contribution is -2.11. The number of para-hydroxylation sites is 1. The van der Waals surface area contributed by atoms with Crippen molar-refractivity contribution in [1.29, 1.82) is 0 Å². The quantitative estimate of drug-likeness (QED) is 0.198. The van der Waals surface area contributed by atoms with Crippen molar-refractivity contribution in [2.75, 3.05) is 4.90 Å². The van der Waals surface area contributed by atoms with E-state index in [1.165, 1.54) is 21.9 Å². The third-order valence-corrected chi connectivity index (χ3v) is 9.61.